The van der Waals surface area contributed by atoms with Crippen LogP contribution in [0.1, 0.15) is 21.6 Å². The van der Waals surface area contributed by atoms with Crippen LogP contribution in [0.3, 0.4) is 0 Å². The molecule has 104 valence electrons. The number of oxime groups is 1. The molecule has 20 heavy (non-hydrogen) atoms. The summed E-state index contributed by atoms with van der Waals surface area (Å²) in [5.74, 6) is -1.24. The Balaban J connectivity index is 2.05. The first-order valence-electron chi connectivity index (χ1n) is 5.56. The van der Waals surface area contributed by atoms with Crippen LogP contribution in [0.25, 0.3) is 0 Å². The average Bonchev–Trinajstić information content (AvgIpc) is 2.99. The summed E-state index contributed by atoms with van der Waals surface area (Å²) in [4.78, 5) is 11.6. The second kappa shape index (κ2) is 5.83. The number of carbonyl (C=O) groups excluding carboxylic acids is 1. The number of benzene rings is 1. The molecule has 0 spiro atoms. The lowest BCUT2D eigenvalue weighted by atomic mass is 10.1. The molecule has 8 heteroatoms. The highest BCUT2D eigenvalue weighted by Crippen LogP contribution is 2.10. The predicted octanol–water partition coefficient (Wildman–Crippen LogP) is 0.838. The molecule has 0 atom stereocenters. The molecule has 0 aliphatic heterocycles. The molecular weight excluding hydrogens is 267 g/mol. The van der Waals surface area contributed by atoms with Gasteiger partial charge in [0.25, 0.3) is 5.91 Å². The van der Waals surface area contributed by atoms with Gasteiger partial charge in [-0.3, -0.25) is 4.79 Å². The van der Waals surface area contributed by atoms with Crippen molar-refractivity contribution in [1.29, 1.82) is 0 Å². The van der Waals surface area contributed by atoms with Crippen LogP contribution in [0.2, 0.25) is 0 Å². The van der Waals surface area contributed by atoms with E-state index < -0.39 is 11.7 Å². The Bertz CT molecular complexity index is 640. The molecular formula is C12H11FN4O3. The number of carbonyl (C=O) groups is 1. The summed E-state index contributed by atoms with van der Waals surface area (Å²) in [5.41, 5.74) is 5.96. The number of nitrogens with zero attached hydrogens (tertiary/aromatic N) is 2. The predicted molar refractivity (Wildman–Crippen MR) is 66.6 cm³/mol. The van der Waals surface area contributed by atoms with Gasteiger partial charge < -0.3 is 20.8 Å². The number of hydrogen-bond donors (Lipinski definition) is 3. The first-order chi connectivity index (χ1) is 9.61. The molecule has 2 rings (SSSR count). The molecule has 4 N–H and O–H groups in total. The summed E-state index contributed by atoms with van der Waals surface area (Å²) < 4.78 is 18.3. The maximum absolute atomic E-state index is 13.8. The minimum absolute atomic E-state index is 0.0199. The zero-order valence-corrected chi connectivity index (χ0v) is 10.2. The number of halogens is 1. The summed E-state index contributed by atoms with van der Waals surface area (Å²) >= 11 is 0. The van der Waals surface area contributed by atoms with E-state index in [9.17, 15) is 9.18 Å². The van der Waals surface area contributed by atoms with Gasteiger partial charge in [-0.05, 0) is 6.07 Å². The highest BCUT2D eigenvalue weighted by molar-refractivity contribution is 5.97. The fraction of sp³-hybridized carbons (Fsp3) is 0.0833. The number of rotatable bonds is 4. The van der Waals surface area contributed by atoms with Crippen LogP contribution in [0.5, 0.6) is 0 Å². The quantitative estimate of drug-likeness (QED) is 0.332. The number of hydrogen-bond acceptors (Lipinski definition) is 5. The lowest BCUT2D eigenvalue weighted by molar-refractivity contribution is 0.0941. The van der Waals surface area contributed by atoms with E-state index in [1.54, 1.807) is 0 Å². The summed E-state index contributed by atoms with van der Waals surface area (Å²) in [6, 6.07) is 5.43. The van der Waals surface area contributed by atoms with E-state index >= 15 is 0 Å². The normalized spacial score (nSPS) is 11.3. The van der Waals surface area contributed by atoms with E-state index in [1.165, 1.54) is 24.5 Å². The van der Waals surface area contributed by atoms with Crippen molar-refractivity contribution in [3.8, 4) is 0 Å². The Kier molecular flexibility index (Phi) is 3.94. The number of aromatic nitrogens is 1. The molecule has 0 unspecified atom stereocenters. The third-order valence-electron chi connectivity index (χ3n) is 2.57. The summed E-state index contributed by atoms with van der Waals surface area (Å²) in [5, 5.41) is 17.2. The monoisotopic (exact) mass is 278 g/mol. The second-order valence-corrected chi connectivity index (χ2v) is 3.86. The van der Waals surface area contributed by atoms with Gasteiger partial charge in [0.05, 0.1) is 0 Å². The van der Waals surface area contributed by atoms with Gasteiger partial charge in [0.2, 0.25) is 0 Å². The summed E-state index contributed by atoms with van der Waals surface area (Å²) in [7, 11) is 0. The van der Waals surface area contributed by atoms with Crippen molar-refractivity contribution in [2.24, 2.45) is 10.9 Å². The van der Waals surface area contributed by atoms with E-state index in [0.29, 0.717) is 0 Å². The maximum atomic E-state index is 13.8. The molecule has 0 fully saturated rings. The highest BCUT2D eigenvalue weighted by atomic mass is 19.1. The van der Waals surface area contributed by atoms with Gasteiger partial charge in [0, 0.05) is 23.7 Å². The standard InChI is InChI=1S/C12H11FN4O3/c13-9-5-7(11(14)16-19)1-2-8(9)6-15-12(18)10-3-4-20-17-10/h1-5,19H,6H2,(H2,14,16)(H,15,18). The van der Waals surface area contributed by atoms with Crippen LogP contribution >= 0.6 is 0 Å². The Morgan fingerprint density at radius 3 is 2.90 bits per heavy atom. The van der Waals surface area contributed by atoms with Gasteiger partial charge in [0.15, 0.2) is 11.5 Å². The number of nitrogens with two attached hydrogens (primary N) is 1. The van der Waals surface area contributed by atoms with Gasteiger partial charge in [-0.25, -0.2) is 4.39 Å². The molecule has 1 aromatic heterocycles. The van der Waals surface area contributed by atoms with E-state index in [0.717, 1.165) is 6.07 Å². The Labute approximate surface area is 112 Å². The molecule has 0 saturated carbocycles. The summed E-state index contributed by atoms with van der Waals surface area (Å²) in [6.45, 7) is -0.0199. The third kappa shape index (κ3) is 2.91. The molecule has 1 aromatic carbocycles. The lowest BCUT2D eigenvalue weighted by Crippen LogP contribution is -2.23. The molecule has 0 bridgehead atoms. The molecule has 0 saturated heterocycles. The molecule has 1 heterocycles. The lowest BCUT2D eigenvalue weighted by Gasteiger charge is -2.06. The maximum Gasteiger partial charge on any atom is 0.273 e. The summed E-state index contributed by atoms with van der Waals surface area (Å²) in [6.07, 6.45) is 1.27. The van der Waals surface area contributed by atoms with Crippen LogP contribution in [0, 0.1) is 5.82 Å². The number of nitrogens with one attached hydrogen (secondary N) is 1. The highest BCUT2D eigenvalue weighted by Gasteiger charge is 2.11. The molecule has 1 amide bonds. The van der Waals surface area contributed by atoms with Gasteiger partial charge in [-0.2, -0.15) is 0 Å². The van der Waals surface area contributed by atoms with Gasteiger partial charge in [-0.1, -0.05) is 22.4 Å². The van der Waals surface area contributed by atoms with Crippen molar-refractivity contribution in [3.05, 3.63) is 53.2 Å². The smallest absolute Gasteiger partial charge is 0.273 e. The van der Waals surface area contributed by atoms with E-state index in [-0.39, 0.29) is 29.2 Å². The minimum Gasteiger partial charge on any atom is -0.409 e. The largest absolute Gasteiger partial charge is 0.409 e. The van der Waals surface area contributed by atoms with Crippen molar-refractivity contribution in [1.82, 2.24) is 10.5 Å². The van der Waals surface area contributed by atoms with Gasteiger partial charge >= 0.3 is 0 Å². The van der Waals surface area contributed by atoms with Crippen LogP contribution in [-0.2, 0) is 6.54 Å². The fourth-order valence-corrected chi connectivity index (χ4v) is 1.50. The molecule has 0 radical (unpaired) electrons. The minimum atomic E-state index is -0.574. The molecule has 0 aliphatic carbocycles. The van der Waals surface area contributed by atoms with Crippen LogP contribution < -0.4 is 11.1 Å². The van der Waals surface area contributed by atoms with E-state index in [2.05, 4.69) is 20.2 Å². The van der Waals surface area contributed by atoms with Crippen molar-refractivity contribution in [3.63, 3.8) is 0 Å². The van der Waals surface area contributed by atoms with Gasteiger partial charge in [0.1, 0.15) is 12.1 Å². The zero-order chi connectivity index (χ0) is 14.5. The van der Waals surface area contributed by atoms with Crippen molar-refractivity contribution in [2.45, 2.75) is 6.54 Å². The average molecular weight is 278 g/mol. The fourth-order valence-electron chi connectivity index (χ4n) is 1.50. The van der Waals surface area contributed by atoms with Gasteiger partial charge in [-0.15, -0.1) is 0 Å². The van der Waals surface area contributed by atoms with Crippen molar-refractivity contribution < 1.29 is 18.9 Å². The topological polar surface area (TPSA) is 114 Å². The first kappa shape index (κ1) is 13.5. The third-order valence-corrected chi connectivity index (χ3v) is 2.57. The zero-order valence-electron chi connectivity index (χ0n) is 10.2. The van der Waals surface area contributed by atoms with Crippen molar-refractivity contribution >= 4 is 11.7 Å². The van der Waals surface area contributed by atoms with Crippen LogP contribution in [0.4, 0.5) is 4.39 Å². The second-order valence-electron chi connectivity index (χ2n) is 3.86. The molecule has 7 nitrogen and oxygen atoms in total. The van der Waals surface area contributed by atoms with E-state index in [4.69, 9.17) is 10.9 Å². The first-order valence-corrected chi connectivity index (χ1v) is 5.56. The van der Waals surface area contributed by atoms with Crippen LogP contribution in [0.15, 0.2) is 40.2 Å². The number of amides is 1. The van der Waals surface area contributed by atoms with Crippen LogP contribution in [-0.4, -0.2) is 22.1 Å². The van der Waals surface area contributed by atoms with Crippen molar-refractivity contribution in [2.75, 3.05) is 0 Å². The Morgan fingerprint density at radius 1 is 1.50 bits per heavy atom. The van der Waals surface area contributed by atoms with E-state index in [1.807, 2.05) is 0 Å². The Morgan fingerprint density at radius 2 is 2.30 bits per heavy atom. The SMILES string of the molecule is NC(=NO)c1ccc(CNC(=O)c2ccon2)c(F)c1. The molecule has 0 aliphatic rings. The Hall–Kier alpha value is -2.90. The molecule has 2 aromatic rings. The number of amidine groups is 1.